The molecule has 3 aromatic rings. The van der Waals surface area contributed by atoms with E-state index in [1.54, 1.807) is 21.9 Å². The van der Waals surface area contributed by atoms with Gasteiger partial charge in [-0.3, -0.25) is 14.4 Å². The average molecular weight is 442 g/mol. The predicted molar refractivity (Wildman–Crippen MR) is 126 cm³/mol. The van der Waals surface area contributed by atoms with E-state index in [1.807, 2.05) is 79.7 Å². The van der Waals surface area contributed by atoms with Crippen molar-refractivity contribution in [3.8, 4) is 0 Å². The Balaban J connectivity index is 1.33. The average Bonchev–Trinajstić information content (AvgIpc) is 2.85. The van der Waals surface area contributed by atoms with Gasteiger partial charge in [0, 0.05) is 31.7 Å². The Morgan fingerprint density at radius 1 is 0.758 bits per heavy atom. The fourth-order valence-corrected chi connectivity index (χ4v) is 3.91. The van der Waals surface area contributed by atoms with Crippen LogP contribution in [-0.2, 0) is 22.7 Å². The summed E-state index contributed by atoms with van der Waals surface area (Å²) in [5, 5.41) is 3.00. The number of nitrogens with zero attached hydrogens (tertiary/aromatic N) is 2. The van der Waals surface area contributed by atoms with Crippen molar-refractivity contribution < 1.29 is 14.4 Å². The van der Waals surface area contributed by atoms with Crippen molar-refractivity contribution in [2.45, 2.75) is 26.1 Å². The fourth-order valence-electron chi connectivity index (χ4n) is 3.91. The lowest BCUT2D eigenvalue weighted by Gasteiger charge is -2.33. The van der Waals surface area contributed by atoms with E-state index in [0.29, 0.717) is 31.7 Å². The second-order valence-corrected chi connectivity index (χ2v) is 8.24. The molecular formula is C27H27N3O3. The third-order valence-corrected chi connectivity index (χ3v) is 5.85. The zero-order valence-electron chi connectivity index (χ0n) is 18.6. The molecule has 3 aromatic carbocycles. The number of carbonyl (C=O) groups excluding carboxylic acids is 3. The number of hydrogen-bond acceptors (Lipinski definition) is 3. The quantitative estimate of drug-likeness (QED) is 0.570. The van der Waals surface area contributed by atoms with Gasteiger partial charge in [-0.25, -0.2) is 0 Å². The van der Waals surface area contributed by atoms with Crippen molar-refractivity contribution >= 4 is 17.7 Å². The second kappa shape index (κ2) is 10.1. The SMILES string of the molecule is CC(NC(=O)c1ccc(CN2CCN(Cc3ccccc3)C(=O)C2=O)cc1)c1ccccc1. The summed E-state index contributed by atoms with van der Waals surface area (Å²) in [5.74, 6) is -1.12. The van der Waals surface area contributed by atoms with Crippen molar-refractivity contribution in [1.29, 1.82) is 0 Å². The van der Waals surface area contributed by atoms with E-state index >= 15 is 0 Å². The Morgan fingerprint density at radius 3 is 1.79 bits per heavy atom. The van der Waals surface area contributed by atoms with Crippen LogP contribution in [0.5, 0.6) is 0 Å². The fraction of sp³-hybridized carbons (Fsp3) is 0.222. The minimum absolute atomic E-state index is 0.103. The molecule has 1 fully saturated rings. The molecule has 0 aliphatic carbocycles. The zero-order valence-corrected chi connectivity index (χ0v) is 18.6. The summed E-state index contributed by atoms with van der Waals surface area (Å²) in [6.07, 6.45) is 0. The Labute approximate surface area is 193 Å². The highest BCUT2D eigenvalue weighted by Gasteiger charge is 2.32. The van der Waals surface area contributed by atoms with Gasteiger partial charge < -0.3 is 15.1 Å². The van der Waals surface area contributed by atoms with Gasteiger partial charge in [0.15, 0.2) is 0 Å². The van der Waals surface area contributed by atoms with E-state index in [-0.39, 0.29) is 11.9 Å². The zero-order chi connectivity index (χ0) is 23.2. The van der Waals surface area contributed by atoms with Gasteiger partial charge in [-0.2, -0.15) is 0 Å². The summed E-state index contributed by atoms with van der Waals surface area (Å²) in [4.78, 5) is 41.0. The van der Waals surface area contributed by atoms with Crippen molar-refractivity contribution in [3.05, 3.63) is 107 Å². The molecule has 1 saturated heterocycles. The van der Waals surface area contributed by atoms with E-state index < -0.39 is 11.8 Å². The number of amides is 3. The molecule has 33 heavy (non-hydrogen) atoms. The summed E-state index contributed by atoms with van der Waals surface area (Å²) >= 11 is 0. The van der Waals surface area contributed by atoms with Crippen LogP contribution in [0.4, 0.5) is 0 Å². The van der Waals surface area contributed by atoms with Crippen LogP contribution in [0.1, 0.15) is 40.0 Å². The monoisotopic (exact) mass is 441 g/mol. The minimum Gasteiger partial charge on any atom is -0.346 e. The molecule has 6 nitrogen and oxygen atoms in total. The molecule has 0 spiro atoms. The molecule has 168 valence electrons. The number of hydrogen-bond donors (Lipinski definition) is 1. The summed E-state index contributed by atoms with van der Waals surface area (Å²) in [7, 11) is 0. The smallest absolute Gasteiger partial charge is 0.312 e. The van der Waals surface area contributed by atoms with Crippen LogP contribution in [0.3, 0.4) is 0 Å². The lowest BCUT2D eigenvalue weighted by atomic mass is 10.1. The van der Waals surface area contributed by atoms with Crippen LogP contribution < -0.4 is 5.32 Å². The molecule has 0 aromatic heterocycles. The van der Waals surface area contributed by atoms with Gasteiger partial charge in [-0.1, -0.05) is 72.8 Å². The second-order valence-electron chi connectivity index (χ2n) is 8.24. The summed E-state index contributed by atoms with van der Waals surface area (Å²) < 4.78 is 0. The first-order chi connectivity index (χ1) is 16.0. The summed E-state index contributed by atoms with van der Waals surface area (Å²) in [5.41, 5.74) is 3.47. The summed E-state index contributed by atoms with van der Waals surface area (Å²) in [6, 6.07) is 26.5. The van der Waals surface area contributed by atoms with Gasteiger partial charge in [0.2, 0.25) is 0 Å². The molecule has 1 heterocycles. The van der Waals surface area contributed by atoms with E-state index in [9.17, 15) is 14.4 Å². The van der Waals surface area contributed by atoms with Gasteiger partial charge >= 0.3 is 11.8 Å². The third kappa shape index (κ3) is 5.47. The van der Waals surface area contributed by atoms with Crippen molar-refractivity contribution in [2.24, 2.45) is 0 Å². The van der Waals surface area contributed by atoms with Gasteiger partial charge in [0.1, 0.15) is 0 Å². The third-order valence-electron chi connectivity index (χ3n) is 5.85. The number of piperazine rings is 1. The molecular weight excluding hydrogens is 414 g/mol. The Kier molecular flexibility index (Phi) is 6.83. The molecule has 1 aliphatic heterocycles. The topological polar surface area (TPSA) is 69.7 Å². The molecule has 0 radical (unpaired) electrons. The molecule has 1 unspecified atom stereocenters. The first-order valence-corrected chi connectivity index (χ1v) is 11.1. The maximum atomic E-state index is 12.6. The molecule has 6 heteroatoms. The Hall–Kier alpha value is -3.93. The number of rotatable bonds is 7. The standard InChI is InChI=1S/C27H27N3O3/c1-20(23-10-6-3-7-11-23)28-25(31)24-14-12-22(13-15-24)19-30-17-16-29(26(32)27(30)33)18-21-8-4-2-5-9-21/h2-15,20H,16-19H2,1H3,(H,28,31). The lowest BCUT2D eigenvalue weighted by Crippen LogP contribution is -2.53. The molecule has 3 amide bonds. The lowest BCUT2D eigenvalue weighted by molar-refractivity contribution is -0.156. The Bertz CT molecular complexity index is 1110. The van der Waals surface area contributed by atoms with E-state index in [2.05, 4.69) is 5.32 Å². The first-order valence-electron chi connectivity index (χ1n) is 11.1. The van der Waals surface area contributed by atoms with Gasteiger partial charge in [0.25, 0.3) is 5.91 Å². The highest BCUT2D eigenvalue weighted by molar-refractivity contribution is 6.35. The summed E-state index contributed by atoms with van der Waals surface area (Å²) in [6.45, 7) is 3.70. The van der Waals surface area contributed by atoms with Crippen LogP contribution in [0.15, 0.2) is 84.9 Å². The van der Waals surface area contributed by atoms with Crippen molar-refractivity contribution in [1.82, 2.24) is 15.1 Å². The van der Waals surface area contributed by atoms with Gasteiger partial charge in [-0.15, -0.1) is 0 Å². The maximum absolute atomic E-state index is 12.6. The molecule has 1 N–H and O–H groups in total. The number of benzene rings is 3. The van der Waals surface area contributed by atoms with E-state index in [0.717, 1.165) is 16.7 Å². The normalized spacial score (nSPS) is 14.8. The molecule has 1 aliphatic rings. The molecule has 1 atom stereocenters. The van der Waals surface area contributed by atoms with Gasteiger partial charge in [0.05, 0.1) is 6.04 Å². The highest BCUT2D eigenvalue weighted by Crippen LogP contribution is 2.16. The highest BCUT2D eigenvalue weighted by atomic mass is 16.2. The van der Waals surface area contributed by atoms with Crippen LogP contribution in [0.2, 0.25) is 0 Å². The molecule has 0 saturated carbocycles. The van der Waals surface area contributed by atoms with Crippen LogP contribution in [0.25, 0.3) is 0 Å². The first kappa shape index (κ1) is 22.3. The predicted octanol–water partition coefficient (Wildman–Crippen LogP) is 3.55. The number of carbonyl (C=O) groups is 3. The van der Waals surface area contributed by atoms with Crippen LogP contribution in [0, 0.1) is 0 Å². The van der Waals surface area contributed by atoms with E-state index in [4.69, 9.17) is 0 Å². The van der Waals surface area contributed by atoms with Crippen molar-refractivity contribution in [2.75, 3.05) is 13.1 Å². The minimum atomic E-state index is -0.490. The molecule has 0 bridgehead atoms. The van der Waals surface area contributed by atoms with Crippen LogP contribution >= 0.6 is 0 Å². The largest absolute Gasteiger partial charge is 0.346 e. The van der Waals surface area contributed by atoms with E-state index in [1.165, 1.54) is 0 Å². The molecule has 4 rings (SSSR count). The number of nitrogens with one attached hydrogen (secondary N) is 1. The van der Waals surface area contributed by atoms with Gasteiger partial charge in [-0.05, 0) is 35.7 Å². The maximum Gasteiger partial charge on any atom is 0.312 e. The Morgan fingerprint density at radius 2 is 1.24 bits per heavy atom. The van der Waals surface area contributed by atoms with Crippen molar-refractivity contribution in [3.63, 3.8) is 0 Å². The van der Waals surface area contributed by atoms with Crippen LogP contribution in [-0.4, -0.2) is 40.6 Å².